The van der Waals surface area contributed by atoms with Crippen LogP contribution in [-0.2, 0) is 0 Å². The predicted molar refractivity (Wildman–Crippen MR) is 287 cm³/mol. The van der Waals surface area contributed by atoms with Crippen molar-refractivity contribution >= 4 is 120 Å². The molecule has 0 atom stereocenters. The number of nitrogens with zero attached hydrogens (tertiary/aromatic N) is 2. The monoisotopic (exact) mass is 858 g/mol. The highest BCUT2D eigenvalue weighted by Crippen LogP contribution is 2.48. The SMILES string of the molecule is Cc1cc(C)c(-c2ccc3c4c5c(cc6c4n(c3c2)-c2cc(-c3ccccc3)cc3c2B6c2c4ccc6ccccc6c4cc4c6ccc(C(C)C)cc6n-3c24)sc2ccccc25)c(C)c1. The zero-order valence-electron chi connectivity index (χ0n) is 37.5. The fourth-order valence-corrected chi connectivity index (χ4v) is 14.0. The van der Waals surface area contributed by atoms with Crippen LogP contribution in [0.1, 0.15) is 42.0 Å². The van der Waals surface area contributed by atoms with E-state index in [1.54, 1.807) is 0 Å². The highest BCUT2D eigenvalue weighted by Gasteiger charge is 2.43. The molecule has 2 aliphatic heterocycles. The number of aryl methyl sites for hydroxylation is 3. The second kappa shape index (κ2) is 12.9. The molecule has 0 radical (unpaired) electrons. The minimum Gasteiger partial charge on any atom is -0.310 e. The summed E-state index contributed by atoms with van der Waals surface area (Å²) in [6.45, 7) is 11.4. The van der Waals surface area contributed by atoms with Gasteiger partial charge in [-0.25, -0.2) is 0 Å². The fraction of sp³-hybridized carbons (Fsp3) is 0.0968. The summed E-state index contributed by atoms with van der Waals surface area (Å²) in [6, 6.07) is 63.4. The molecule has 10 aromatic carbocycles. The van der Waals surface area contributed by atoms with Crippen molar-refractivity contribution in [3.05, 3.63) is 186 Å². The summed E-state index contributed by atoms with van der Waals surface area (Å²) in [4.78, 5) is 0. The molecule has 0 amide bonds. The Morgan fingerprint density at radius 3 is 1.95 bits per heavy atom. The first-order chi connectivity index (χ1) is 32.3. The molecule has 0 aliphatic carbocycles. The van der Waals surface area contributed by atoms with Gasteiger partial charge in [0, 0.05) is 58.6 Å². The number of thiophene rings is 1. The predicted octanol–water partition coefficient (Wildman–Crippen LogP) is 15.1. The van der Waals surface area contributed by atoms with Crippen molar-refractivity contribution in [2.45, 2.75) is 40.5 Å². The Kier molecular flexibility index (Phi) is 7.21. The van der Waals surface area contributed by atoms with Crippen molar-refractivity contribution in [3.8, 4) is 33.6 Å². The summed E-state index contributed by atoms with van der Waals surface area (Å²) in [5.74, 6) is 0.397. The summed E-state index contributed by atoms with van der Waals surface area (Å²) in [7, 11) is 0. The summed E-state index contributed by atoms with van der Waals surface area (Å²) in [5.41, 5.74) is 22.3. The lowest BCUT2D eigenvalue weighted by Gasteiger charge is -2.35. The van der Waals surface area contributed by atoms with Crippen LogP contribution in [0.25, 0.3) is 119 Å². The number of hydrogen-bond donors (Lipinski definition) is 0. The van der Waals surface area contributed by atoms with Crippen LogP contribution >= 0.6 is 11.3 Å². The molecule has 0 spiro atoms. The third-order valence-corrected chi connectivity index (χ3v) is 16.6. The molecule has 66 heavy (non-hydrogen) atoms. The maximum Gasteiger partial charge on any atom is 0.253 e. The van der Waals surface area contributed by atoms with Gasteiger partial charge in [0.05, 0.1) is 16.6 Å². The van der Waals surface area contributed by atoms with Crippen LogP contribution in [0.15, 0.2) is 164 Å². The molecule has 13 aromatic rings. The largest absolute Gasteiger partial charge is 0.310 e. The minimum atomic E-state index is -0.0106. The third-order valence-electron chi connectivity index (χ3n) is 15.5. The molecule has 0 saturated heterocycles. The van der Waals surface area contributed by atoms with Gasteiger partial charge in [0.2, 0.25) is 0 Å². The van der Waals surface area contributed by atoms with E-state index in [1.165, 1.54) is 158 Å². The van der Waals surface area contributed by atoms with Crippen LogP contribution in [0.5, 0.6) is 0 Å². The first-order valence-corrected chi connectivity index (χ1v) is 24.3. The highest BCUT2D eigenvalue weighted by molar-refractivity contribution is 7.26. The zero-order valence-corrected chi connectivity index (χ0v) is 38.4. The van der Waals surface area contributed by atoms with Crippen molar-refractivity contribution in [2.75, 3.05) is 0 Å². The number of benzene rings is 10. The second-order valence-electron chi connectivity index (χ2n) is 19.6. The van der Waals surface area contributed by atoms with Crippen molar-refractivity contribution in [1.82, 2.24) is 9.13 Å². The molecule has 2 nitrogen and oxygen atoms in total. The van der Waals surface area contributed by atoms with E-state index in [-0.39, 0.29) is 6.71 Å². The first-order valence-electron chi connectivity index (χ1n) is 23.5. The van der Waals surface area contributed by atoms with Gasteiger partial charge in [-0.05, 0) is 146 Å². The van der Waals surface area contributed by atoms with Gasteiger partial charge in [-0.2, -0.15) is 0 Å². The van der Waals surface area contributed by atoms with Gasteiger partial charge in [0.1, 0.15) is 0 Å². The van der Waals surface area contributed by atoms with E-state index in [0.717, 1.165) is 0 Å². The molecule has 0 saturated carbocycles. The van der Waals surface area contributed by atoms with Crippen LogP contribution in [-0.4, -0.2) is 15.8 Å². The average molecular weight is 859 g/mol. The number of fused-ring (bicyclic) bond motifs is 18. The van der Waals surface area contributed by atoms with Crippen molar-refractivity contribution in [2.24, 2.45) is 0 Å². The molecule has 310 valence electrons. The summed E-state index contributed by atoms with van der Waals surface area (Å²) >= 11 is 1.95. The minimum absolute atomic E-state index is 0.0106. The normalized spacial score (nSPS) is 13.0. The van der Waals surface area contributed by atoms with Gasteiger partial charge in [-0.15, -0.1) is 11.3 Å². The molecular weight excluding hydrogens is 816 g/mol. The molecule has 0 fully saturated rings. The van der Waals surface area contributed by atoms with E-state index in [4.69, 9.17) is 0 Å². The second-order valence-corrected chi connectivity index (χ2v) is 20.6. The molecule has 5 heterocycles. The van der Waals surface area contributed by atoms with Crippen LogP contribution < -0.4 is 16.4 Å². The number of hydrogen-bond acceptors (Lipinski definition) is 1. The Labute approximate surface area is 387 Å². The number of aromatic nitrogens is 2. The van der Waals surface area contributed by atoms with Crippen molar-refractivity contribution in [1.29, 1.82) is 0 Å². The molecule has 3 aromatic heterocycles. The third kappa shape index (κ3) is 4.67. The standard InChI is InChI=1S/C62H43BN2S/c1-33(2)39-20-22-43-48-31-47-42-16-10-9-15-38(42)19-23-44(47)59-61(48)64(50(43)27-39)52-29-41(37-13-7-6-8-14-37)30-53-60(52)63(59)49-32-55-57(46-17-11-12-18-54(46)66-55)58-45-24-21-40(28-51(45)65(53)62(49)58)56-35(4)25-34(3)26-36(56)5/h6-33H,1-5H3. The van der Waals surface area contributed by atoms with E-state index < -0.39 is 0 Å². The molecule has 4 heteroatoms. The molecule has 0 bridgehead atoms. The lowest BCUT2D eigenvalue weighted by atomic mass is 9.33. The zero-order chi connectivity index (χ0) is 43.9. The number of rotatable bonds is 3. The molecule has 2 aliphatic rings. The van der Waals surface area contributed by atoms with Gasteiger partial charge < -0.3 is 9.13 Å². The summed E-state index contributed by atoms with van der Waals surface area (Å²) in [6.07, 6.45) is 0. The van der Waals surface area contributed by atoms with Gasteiger partial charge in [0.15, 0.2) is 0 Å². The van der Waals surface area contributed by atoms with Gasteiger partial charge in [-0.1, -0.05) is 141 Å². The maximum atomic E-state index is 2.70. The Balaban J connectivity index is 1.20. The molecule has 0 unspecified atom stereocenters. The van der Waals surface area contributed by atoms with Crippen molar-refractivity contribution < 1.29 is 0 Å². The van der Waals surface area contributed by atoms with E-state index in [0.29, 0.717) is 5.92 Å². The quantitative estimate of drug-likeness (QED) is 0.124. The lowest BCUT2D eigenvalue weighted by molar-refractivity contribution is 0.868. The maximum absolute atomic E-state index is 2.70. The summed E-state index contributed by atoms with van der Waals surface area (Å²) < 4.78 is 8.07. The van der Waals surface area contributed by atoms with E-state index in [1.807, 2.05) is 11.3 Å². The first kappa shape index (κ1) is 36.9. The van der Waals surface area contributed by atoms with E-state index in [9.17, 15) is 0 Å². The Morgan fingerprint density at radius 2 is 1.15 bits per heavy atom. The van der Waals surface area contributed by atoms with Crippen LogP contribution in [0.2, 0.25) is 0 Å². The van der Waals surface area contributed by atoms with E-state index in [2.05, 4.69) is 208 Å². The van der Waals surface area contributed by atoms with Crippen LogP contribution in [0.3, 0.4) is 0 Å². The molecule has 15 rings (SSSR count). The van der Waals surface area contributed by atoms with Gasteiger partial charge >= 0.3 is 0 Å². The summed E-state index contributed by atoms with van der Waals surface area (Å²) in [5, 5.41) is 13.3. The van der Waals surface area contributed by atoms with Crippen LogP contribution in [0, 0.1) is 20.8 Å². The van der Waals surface area contributed by atoms with Gasteiger partial charge in [0.25, 0.3) is 6.71 Å². The average Bonchev–Trinajstić information content (AvgIpc) is 3.98. The van der Waals surface area contributed by atoms with Gasteiger partial charge in [-0.3, -0.25) is 0 Å². The molecular formula is C62H43BN2S. The van der Waals surface area contributed by atoms with Crippen molar-refractivity contribution in [3.63, 3.8) is 0 Å². The van der Waals surface area contributed by atoms with E-state index >= 15 is 0 Å². The van der Waals surface area contributed by atoms with Crippen LogP contribution in [0.4, 0.5) is 0 Å². The lowest BCUT2D eigenvalue weighted by Crippen LogP contribution is -2.59. The molecule has 0 N–H and O–H groups in total. The Bertz CT molecular complexity index is 4330. The fourth-order valence-electron chi connectivity index (χ4n) is 12.9. The Morgan fingerprint density at radius 1 is 0.455 bits per heavy atom. The topological polar surface area (TPSA) is 9.86 Å². The smallest absolute Gasteiger partial charge is 0.253 e. The highest BCUT2D eigenvalue weighted by atomic mass is 32.1. The Hall–Kier alpha value is -7.40.